The Bertz CT molecular complexity index is 371. The van der Waals surface area contributed by atoms with Gasteiger partial charge in [-0.1, -0.05) is 29.8 Å². The Morgan fingerprint density at radius 1 is 1.53 bits per heavy atom. The molecule has 0 amide bonds. The molecular weight excluding hydrogens is 188 g/mol. The predicted octanol–water partition coefficient (Wildman–Crippen LogP) is 2.66. The van der Waals surface area contributed by atoms with Gasteiger partial charge in [-0.15, -0.1) is 0 Å². The molecule has 0 radical (unpaired) electrons. The lowest BCUT2D eigenvalue weighted by Gasteiger charge is -2.02. The Labute approximate surface area is 90.3 Å². The third kappa shape index (κ3) is 2.20. The predicted molar refractivity (Wildman–Crippen MR) is 58.7 cm³/mol. The van der Waals surface area contributed by atoms with E-state index in [0.29, 0.717) is 12.5 Å². The average Bonchev–Trinajstić information content (AvgIpc) is 2.97. The molecule has 2 rings (SSSR count). The van der Waals surface area contributed by atoms with E-state index in [2.05, 4.69) is 25.1 Å². The highest BCUT2D eigenvalue weighted by atomic mass is 16.5. The molecular formula is C13H16O2. The van der Waals surface area contributed by atoms with Crippen LogP contribution < -0.4 is 0 Å². The highest BCUT2D eigenvalue weighted by molar-refractivity contribution is 5.77. The lowest BCUT2D eigenvalue weighted by Crippen LogP contribution is -2.07. The molecule has 1 aliphatic rings. The SMILES string of the molecule is CCOC(=O)[C@@H]1C[C@@H]1c1cccc(C)c1. The summed E-state index contributed by atoms with van der Waals surface area (Å²) in [7, 11) is 0. The van der Waals surface area contributed by atoms with Crippen LogP contribution in [0.15, 0.2) is 24.3 Å². The molecule has 0 aromatic heterocycles. The Hall–Kier alpha value is -1.31. The lowest BCUT2D eigenvalue weighted by molar-refractivity contribution is -0.144. The number of aryl methyl sites for hydroxylation is 1. The lowest BCUT2D eigenvalue weighted by atomic mass is 10.1. The summed E-state index contributed by atoms with van der Waals surface area (Å²) < 4.78 is 5.01. The highest BCUT2D eigenvalue weighted by Crippen LogP contribution is 2.48. The first-order valence-electron chi connectivity index (χ1n) is 5.45. The summed E-state index contributed by atoms with van der Waals surface area (Å²) in [5, 5.41) is 0. The standard InChI is InChI=1S/C13H16O2/c1-3-15-13(14)12-8-11(12)10-6-4-5-9(2)7-10/h4-7,11-12H,3,8H2,1-2H3/t11-,12-/m1/s1. The average molecular weight is 204 g/mol. The molecule has 0 spiro atoms. The maximum absolute atomic E-state index is 11.5. The zero-order valence-corrected chi connectivity index (χ0v) is 9.19. The van der Waals surface area contributed by atoms with Crippen molar-refractivity contribution < 1.29 is 9.53 Å². The summed E-state index contributed by atoms with van der Waals surface area (Å²) in [5.41, 5.74) is 2.52. The van der Waals surface area contributed by atoms with Gasteiger partial charge in [0.05, 0.1) is 12.5 Å². The van der Waals surface area contributed by atoms with E-state index in [-0.39, 0.29) is 11.9 Å². The molecule has 2 atom stereocenters. The van der Waals surface area contributed by atoms with E-state index < -0.39 is 0 Å². The molecule has 1 aromatic rings. The zero-order valence-electron chi connectivity index (χ0n) is 9.19. The van der Waals surface area contributed by atoms with Gasteiger partial charge in [-0.05, 0) is 31.7 Å². The largest absolute Gasteiger partial charge is 0.466 e. The van der Waals surface area contributed by atoms with Crippen molar-refractivity contribution in [1.82, 2.24) is 0 Å². The van der Waals surface area contributed by atoms with Crippen LogP contribution in [0.1, 0.15) is 30.4 Å². The Morgan fingerprint density at radius 3 is 3.00 bits per heavy atom. The first kappa shape index (κ1) is 10.2. The normalized spacial score (nSPS) is 23.6. The van der Waals surface area contributed by atoms with E-state index in [1.54, 1.807) is 0 Å². The summed E-state index contributed by atoms with van der Waals surface area (Å²) >= 11 is 0. The fourth-order valence-corrected chi connectivity index (χ4v) is 1.97. The number of rotatable bonds is 3. The quantitative estimate of drug-likeness (QED) is 0.707. The minimum absolute atomic E-state index is 0.0380. The molecule has 0 saturated heterocycles. The highest BCUT2D eigenvalue weighted by Gasteiger charge is 2.44. The van der Waals surface area contributed by atoms with Gasteiger partial charge in [0.15, 0.2) is 0 Å². The van der Waals surface area contributed by atoms with Crippen LogP contribution in [0, 0.1) is 12.8 Å². The molecule has 80 valence electrons. The van der Waals surface area contributed by atoms with Crippen LogP contribution in [0.2, 0.25) is 0 Å². The summed E-state index contributed by atoms with van der Waals surface area (Å²) in [6.07, 6.45) is 0.947. The molecule has 0 aliphatic heterocycles. The van der Waals surface area contributed by atoms with Crippen molar-refractivity contribution in [2.75, 3.05) is 6.61 Å². The van der Waals surface area contributed by atoms with E-state index in [1.807, 2.05) is 13.0 Å². The molecule has 0 bridgehead atoms. The third-order valence-electron chi connectivity index (χ3n) is 2.85. The van der Waals surface area contributed by atoms with Gasteiger partial charge in [-0.2, -0.15) is 0 Å². The van der Waals surface area contributed by atoms with Crippen LogP contribution in [0.4, 0.5) is 0 Å². The Morgan fingerprint density at radius 2 is 2.33 bits per heavy atom. The third-order valence-corrected chi connectivity index (χ3v) is 2.85. The number of carbonyl (C=O) groups is 1. The van der Waals surface area contributed by atoms with Crippen molar-refractivity contribution in [1.29, 1.82) is 0 Å². The Kier molecular flexibility index (Phi) is 2.76. The van der Waals surface area contributed by atoms with Gasteiger partial charge in [-0.25, -0.2) is 0 Å². The fourth-order valence-electron chi connectivity index (χ4n) is 1.97. The van der Waals surface area contributed by atoms with Gasteiger partial charge in [0.25, 0.3) is 0 Å². The molecule has 1 fully saturated rings. The van der Waals surface area contributed by atoms with E-state index in [1.165, 1.54) is 11.1 Å². The first-order chi connectivity index (χ1) is 7.22. The Balaban J connectivity index is 2.01. The molecule has 0 unspecified atom stereocenters. The number of ether oxygens (including phenoxy) is 1. The molecule has 1 saturated carbocycles. The summed E-state index contributed by atoms with van der Waals surface area (Å²) in [6.45, 7) is 4.41. The van der Waals surface area contributed by atoms with Gasteiger partial charge in [0.2, 0.25) is 0 Å². The van der Waals surface area contributed by atoms with Crippen molar-refractivity contribution in [2.45, 2.75) is 26.2 Å². The number of benzene rings is 1. The maximum Gasteiger partial charge on any atom is 0.309 e. The summed E-state index contributed by atoms with van der Waals surface area (Å²) in [6, 6.07) is 8.37. The van der Waals surface area contributed by atoms with Crippen LogP contribution >= 0.6 is 0 Å². The minimum Gasteiger partial charge on any atom is -0.466 e. The van der Waals surface area contributed by atoms with Gasteiger partial charge in [0, 0.05) is 0 Å². The molecule has 1 aromatic carbocycles. The van der Waals surface area contributed by atoms with Crippen molar-refractivity contribution in [3.05, 3.63) is 35.4 Å². The number of esters is 1. The van der Waals surface area contributed by atoms with Crippen LogP contribution in [0.5, 0.6) is 0 Å². The topological polar surface area (TPSA) is 26.3 Å². The van der Waals surface area contributed by atoms with Gasteiger partial charge in [0.1, 0.15) is 0 Å². The number of hydrogen-bond acceptors (Lipinski definition) is 2. The zero-order chi connectivity index (χ0) is 10.8. The van der Waals surface area contributed by atoms with Gasteiger partial charge < -0.3 is 4.74 Å². The minimum atomic E-state index is -0.0380. The molecule has 0 heterocycles. The molecule has 2 heteroatoms. The molecule has 2 nitrogen and oxygen atoms in total. The van der Waals surface area contributed by atoms with Crippen molar-refractivity contribution >= 4 is 5.97 Å². The smallest absolute Gasteiger partial charge is 0.309 e. The van der Waals surface area contributed by atoms with Gasteiger partial charge >= 0.3 is 5.97 Å². The van der Waals surface area contributed by atoms with E-state index in [9.17, 15) is 4.79 Å². The van der Waals surface area contributed by atoms with Gasteiger partial charge in [-0.3, -0.25) is 4.79 Å². The molecule has 1 aliphatic carbocycles. The van der Waals surface area contributed by atoms with E-state index in [0.717, 1.165) is 6.42 Å². The fraction of sp³-hybridized carbons (Fsp3) is 0.462. The van der Waals surface area contributed by atoms with E-state index in [4.69, 9.17) is 4.74 Å². The number of carbonyl (C=O) groups excluding carboxylic acids is 1. The molecule has 15 heavy (non-hydrogen) atoms. The second-order valence-corrected chi connectivity index (χ2v) is 4.11. The summed E-state index contributed by atoms with van der Waals surface area (Å²) in [5.74, 6) is 0.458. The van der Waals surface area contributed by atoms with Crippen LogP contribution in [-0.4, -0.2) is 12.6 Å². The van der Waals surface area contributed by atoms with Crippen LogP contribution in [0.3, 0.4) is 0 Å². The van der Waals surface area contributed by atoms with Crippen molar-refractivity contribution in [3.8, 4) is 0 Å². The van der Waals surface area contributed by atoms with Crippen LogP contribution in [0.25, 0.3) is 0 Å². The summed E-state index contributed by atoms with van der Waals surface area (Å²) in [4.78, 5) is 11.5. The van der Waals surface area contributed by atoms with E-state index >= 15 is 0 Å². The maximum atomic E-state index is 11.5. The molecule has 0 N–H and O–H groups in total. The monoisotopic (exact) mass is 204 g/mol. The second kappa shape index (κ2) is 4.05. The first-order valence-corrected chi connectivity index (χ1v) is 5.45. The second-order valence-electron chi connectivity index (χ2n) is 4.11. The van der Waals surface area contributed by atoms with Crippen LogP contribution in [-0.2, 0) is 9.53 Å². The number of hydrogen-bond donors (Lipinski definition) is 0. The van der Waals surface area contributed by atoms with Crippen molar-refractivity contribution in [3.63, 3.8) is 0 Å². The van der Waals surface area contributed by atoms with Crippen molar-refractivity contribution in [2.24, 2.45) is 5.92 Å².